The fourth-order valence-electron chi connectivity index (χ4n) is 2.68. The fraction of sp³-hybridized carbons (Fsp3) is 0.133. The van der Waals surface area contributed by atoms with Crippen LogP contribution in [-0.4, -0.2) is 27.0 Å². The Morgan fingerprint density at radius 1 is 1.15 bits per heavy atom. The summed E-state index contributed by atoms with van der Waals surface area (Å²) >= 11 is 0. The van der Waals surface area contributed by atoms with E-state index in [-0.39, 0.29) is 5.91 Å². The first-order valence-electron chi connectivity index (χ1n) is 6.52. The highest BCUT2D eigenvalue weighted by Gasteiger charge is 2.21. The second-order valence-electron chi connectivity index (χ2n) is 4.75. The van der Waals surface area contributed by atoms with Crippen molar-refractivity contribution in [2.75, 3.05) is 6.54 Å². The molecule has 20 heavy (non-hydrogen) atoms. The third kappa shape index (κ3) is 1.53. The smallest absolute Gasteiger partial charge is 0.253 e. The van der Waals surface area contributed by atoms with Crippen molar-refractivity contribution >= 4 is 16.9 Å². The van der Waals surface area contributed by atoms with Gasteiger partial charge in [-0.1, -0.05) is 6.07 Å². The van der Waals surface area contributed by atoms with E-state index in [0.29, 0.717) is 12.1 Å². The van der Waals surface area contributed by atoms with Crippen molar-refractivity contribution < 1.29 is 4.79 Å². The number of imidazole rings is 1. The highest BCUT2D eigenvalue weighted by Crippen LogP contribution is 2.27. The molecule has 98 valence electrons. The lowest BCUT2D eigenvalue weighted by Crippen LogP contribution is -2.24. The molecule has 4 rings (SSSR count). The Balaban J connectivity index is 2.07. The zero-order valence-electron chi connectivity index (χ0n) is 10.7. The third-order valence-corrected chi connectivity index (χ3v) is 3.57. The van der Waals surface area contributed by atoms with Crippen LogP contribution < -0.4 is 5.32 Å². The van der Waals surface area contributed by atoms with Crippen LogP contribution in [0.25, 0.3) is 22.4 Å². The van der Waals surface area contributed by atoms with E-state index < -0.39 is 0 Å². The highest BCUT2D eigenvalue weighted by molar-refractivity contribution is 6.06. The molecule has 0 unspecified atom stereocenters. The van der Waals surface area contributed by atoms with E-state index in [2.05, 4.69) is 19.9 Å². The zero-order valence-corrected chi connectivity index (χ0v) is 10.7. The first-order valence-corrected chi connectivity index (χ1v) is 6.52. The normalized spacial score (nSPS) is 14.1. The summed E-state index contributed by atoms with van der Waals surface area (Å²) in [6, 6.07) is 9.53. The number of carbonyl (C=O) groups excluding carboxylic acids is 1. The number of amides is 1. The van der Waals surface area contributed by atoms with Crippen LogP contribution in [0.15, 0.2) is 42.7 Å². The van der Waals surface area contributed by atoms with E-state index in [0.717, 1.165) is 29.0 Å². The number of nitrogens with one attached hydrogen (secondary N) is 1. The van der Waals surface area contributed by atoms with Crippen molar-refractivity contribution in [1.29, 1.82) is 0 Å². The van der Waals surface area contributed by atoms with E-state index in [9.17, 15) is 4.79 Å². The Morgan fingerprint density at radius 3 is 2.85 bits per heavy atom. The van der Waals surface area contributed by atoms with Crippen molar-refractivity contribution in [3.8, 4) is 11.4 Å². The SMILES string of the molecule is O=C1NCCn2c(-c3ccncc3)nc3cccc1c32. The van der Waals surface area contributed by atoms with Crippen LogP contribution >= 0.6 is 0 Å². The van der Waals surface area contributed by atoms with Crippen LogP contribution in [0.2, 0.25) is 0 Å². The molecular weight excluding hydrogens is 252 g/mol. The van der Waals surface area contributed by atoms with Gasteiger partial charge in [-0.3, -0.25) is 9.78 Å². The summed E-state index contributed by atoms with van der Waals surface area (Å²) in [5.74, 6) is 0.849. The van der Waals surface area contributed by atoms with Gasteiger partial charge >= 0.3 is 0 Å². The van der Waals surface area contributed by atoms with Crippen LogP contribution in [0.3, 0.4) is 0 Å². The Bertz CT molecular complexity index is 807. The van der Waals surface area contributed by atoms with Crippen molar-refractivity contribution in [2.24, 2.45) is 0 Å². The van der Waals surface area contributed by atoms with Crippen LogP contribution in [-0.2, 0) is 6.54 Å². The van der Waals surface area contributed by atoms with Crippen LogP contribution in [0.1, 0.15) is 10.4 Å². The summed E-state index contributed by atoms with van der Waals surface area (Å²) in [5, 5.41) is 2.92. The van der Waals surface area contributed by atoms with Crippen molar-refractivity contribution in [2.45, 2.75) is 6.54 Å². The molecule has 0 fully saturated rings. The van der Waals surface area contributed by atoms with Crippen LogP contribution in [0.5, 0.6) is 0 Å². The van der Waals surface area contributed by atoms with E-state index >= 15 is 0 Å². The van der Waals surface area contributed by atoms with E-state index in [1.165, 1.54) is 0 Å². The monoisotopic (exact) mass is 264 g/mol. The predicted octanol–water partition coefficient (Wildman–Crippen LogP) is 1.84. The number of pyridine rings is 1. The standard InChI is InChI=1S/C15H12N4O/c20-15-11-2-1-3-12-13(11)19(9-8-17-15)14(18-12)10-4-6-16-7-5-10/h1-7H,8-9H2,(H,17,20). The van der Waals surface area contributed by atoms with Crippen molar-refractivity contribution in [1.82, 2.24) is 19.9 Å². The van der Waals surface area contributed by atoms with Gasteiger partial charge in [0.25, 0.3) is 5.91 Å². The van der Waals surface area contributed by atoms with Gasteiger partial charge < -0.3 is 9.88 Å². The van der Waals surface area contributed by atoms with Gasteiger partial charge in [-0.05, 0) is 24.3 Å². The topological polar surface area (TPSA) is 59.8 Å². The van der Waals surface area contributed by atoms with Gasteiger partial charge in [0.1, 0.15) is 5.82 Å². The molecule has 0 radical (unpaired) electrons. The second-order valence-corrected chi connectivity index (χ2v) is 4.75. The molecule has 1 aliphatic rings. The first-order chi connectivity index (χ1) is 9.84. The molecule has 1 aromatic carbocycles. The molecule has 0 atom stereocenters. The average molecular weight is 264 g/mol. The van der Waals surface area contributed by atoms with Gasteiger partial charge in [-0.2, -0.15) is 0 Å². The van der Waals surface area contributed by atoms with E-state index in [1.54, 1.807) is 12.4 Å². The second kappa shape index (κ2) is 4.16. The number of aromatic nitrogens is 3. The number of hydrogen-bond donors (Lipinski definition) is 1. The summed E-state index contributed by atoms with van der Waals surface area (Å²) < 4.78 is 2.11. The minimum atomic E-state index is -0.0319. The minimum Gasteiger partial charge on any atom is -0.350 e. The Hall–Kier alpha value is -2.69. The largest absolute Gasteiger partial charge is 0.350 e. The number of rotatable bonds is 1. The van der Waals surface area contributed by atoms with Crippen LogP contribution in [0.4, 0.5) is 0 Å². The van der Waals surface area contributed by atoms with Crippen LogP contribution in [0, 0.1) is 0 Å². The number of carbonyl (C=O) groups is 1. The Morgan fingerprint density at radius 2 is 2.00 bits per heavy atom. The van der Waals surface area contributed by atoms with Crippen molar-refractivity contribution in [3.63, 3.8) is 0 Å². The molecule has 0 aliphatic carbocycles. The lowest BCUT2D eigenvalue weighted by molar-refractivity contribution is 0.0956. The summed E-state index contributed by atoms with van der Waals surface area (Å²) in [6.45, 7) is 1.33. The maximum absolute atomic E-state index is 12.1. The number of para-hydroxylation sites is 1. The van der Waals surface area contributed by atoms with Gasteiger partial charge in [0.2, 0.25) is 0 Å². The molecule has 2 aromatic heterocycles. The summed E-state index contributed by atoms with van der Waals surface area (Å²) in [6.07, 6.45) is 3.51. The maximum atomic E-state index is 12.1. The molecule has 3 heterocycles. The predicted molar refractivity (Wildman–Crippen MR) is 75.3 cm³/mol. The average Bonchev–Trinajstić information content (AvgIpc) is 2.78. The molecule has 0 saturated carbocycles. The molecule has 1 amide bonds. The number of hydrogen-bond acceptors (Lipinski definition) is 3. The number of benzene rings is 1. The molecule has 5 heteroatoms. The molecule has 1 N–H and O–H groups in total. The summed E-state index contributed by atoms with van der Waals surface area (Å²) in [5.41, 5.74) is 3.46. The summed E-state index contributed by atoms with van der Waals surface area (Å²) in [4.78, 5) is 20.8. The quantitative estimate of drug-likeness (QED) is 0.729. The molecule has 5 nitrogen and oxygen atoms in total. The minimum absolute atomic E-state index is 0.0319. The number of nitrogens with zero attached hydrogens (tertiary/aromatic N) is 3. The van der Waals surface area contributed by atoms with Gasteiger partial charge in [0.15, 0.2) is 0 Å². The molecule has 0 saturated heterocycles. The Labute approximate surface area is 115 Å². The van der Waals surface area contributed by atoms with E-state index in [4.69, 9.17) is 0 Å². The van der Waals surface area contributed by atoms with Gasteiger partial charge in [-0.15, -0.1) is 0 Å². The van der Waals surface area contributed by atoms with Gasteiger partial charge in [-0.25, -0.2) is 4.98 Å². The molecule has 1 aliphatic heterocycles. The third-order valence-electron chi connectivity index (χ3n) is 3.57. The maximum Gasteiger partial charge on any atom is 0.253 e. The molecule has 0 bridgehead atoms. The van der Waals surface area contributed by atoms with Gasteiger partial charge in [0, 0.05) is 31.0 Å². The molecule has 3 aromatic rings. The molecular formula is C15H12N4O. The van der Waals surface area contributed by atoms with Gasteiger partial charge in [0.05, 0.1) is 16.6 Å². The van der Waals surface area contributed by atoms with Crippen molar-refractivity contribution in [3.05, 3.63) is 48.3 Å². The van der Waals surface area contributed by atoms with E-state index in [1.807, 2.05) is 30.3 Å². The highest BCUT2D eigenvalue weighted by atomic mass is 16.1. The Kier molecular flexibility index (Phi) is 2.32. The molecule has 0 spiro atoms. The first kappa shape index (κ1) is 11.2. The fourth-order valence-corrected chi connectivity index (χ4v) is 2.68. The lowest BCUT2D eigenvalue weighted by Gasteiger charge is -2.06. The lowest BCUT2D eigenvalue weighted by atomic mass is 10.2. The zero-order chi connectivity index (χ0) is 13.5. The summed E-state index contributed by atoms with van der Waals surface area (Å²) in [7, 11) is 0.